The zero-order valence-corrected chi connectivity index (χ0v) is 20.2. The van der Waals surface area contributed by atoms with Gasteiger partial charge in [0, 0.05) is 6.04 Å². The second kappa shape index (κ2) is 10.1. The van der Waals surface area contributed by atoms with Crippen LogP contribution in [0.25, 0.3) is 0 Å². The Hall–Kier alpha value is -2.93. The lowest BCUT2D eigenvalue weighted by molar-refractivity contribution is -0.133. The minimum atomic E-state index is -0.893. The van der Waals surface area contributed by atoms with Crippen molar-refractivity contribution < 1.29 is 18.7 Å². The van der Waals surface area contributed by atoms with Crippen molar-refractivity contribution in [3.63, 3.8) is 0 Å². The highest BCUT2D eigenvalue weighted by atomic mass is 19.1. The molecule has 0 unspecified atom stereocenters. The highest BCUT2D eigenvalue weighted by Gasteiger charge is 2.52. The molecule has 0 aromatic heterocycles. The quantitative estimate of drug-likeness (QED) is 0.586. The van der Waals surface area contributed by atoms with Crippen molar-refractivity contribution in [2.24, 2.45) is 5.92 Å². The predicted octanol–water partition coefficient (Wildman–Crippen LogP) is 4.38. The van der Waals surface area contributed by atoms with Gasteiger partial charge in [0.1, 0.15) is 17.1 Å². The summed E-state index contributed by atoms with van der Waals surface area (Å²) < 4.78 is 18.4. The Morgan fingerprint density at radius 1 is 1.06 bits per heavy atom. The van der Waals surface area contributed by atoms with Crippen molar-refractivity contribution in [3.05, 3.63) is 65.5 Å². The smallest absolute Gasteiger partial charge is 0.325 e. The third-order valence-corrected chi connectivity index (χ3v) is 7.53. The average molecular weight is 468 g/mol. The van der Waals surface area contributed by atoms with Crippen LogP contribution in [0.2, 0.25) is 0 Å². The molecule has 2 saturated heterocycles. The zero-order chi connectivity index (χ0) is 24.3. The molecule has 0 aliphatic carbocycles. The normalized spacial score (nSPS) is 22.6. The predicted molar refractivity (Wildman–Crippen MR) is 129 cm³/mol. The first-order valence-corrected chi connectivity index (χ1v) is 12.1. The van der Waals surface area contributed by atoms with Gasteiger partial charge in [0.15, 0.2) is 0 Å². The van der Waals surface area contributed by atoms with Crippen LogP contribution in [0, 0.1) is 11.7 Å². The number of imide groups is 1. The van der Waals surface area contributed by atoms with Gasteiger partial charge in [-0.05, 0) is 93.9 Å². The molecule has 2 atom stereocenters. The third-order valence-electron chi connectivity index (χ3n) is 7.53. The van der Waals surface area contributed by atoms with Crippen LogP contribution in [0.15, 0.2) is 48.5 Å². The summed E-state index contributed by atoms with van der Waals surface area (Å²) in [6.45, 7) is 6.09. The Bertz CT molecular complexity index is 1000. The van der Waals surface area contributed by atoms with Gasteiger partial charge in [-0.2, -0.15) is 0 Å². The van der Waals surface area contributed by atoms with Gasteiger partial charge in [0.05, 0.1) is 13.7 Å². The Morgan fingerprint density at radius 2 is 1.68 bits per heavy atom. The van der Waals surface area contributed by atoms with Crippen molar-refractivity contribution >= 4 is 11.9 Å². The van der Waals surface area contributed by atoms with Gasteiger partial charge in [-0.25, -0.2) is 9.18 Å². The first-order valence-electron chi connectivity index (χ1n) is 12.1. The summed E-state index contributed by atoms with van der Waals surface area (Å²) in [5.74, 6) is 0.438. The number of carbonyl (C=O) groups excluding carboxylic acids is 2. The lowest BCUT2D eigenvalue weighted by Gasteiger charge is -2.41. The highest BCUT2D eigenvalue weighted by molar-refractivity contribution is 6.06. The largest absolute Gasteiger partial charge is 0.497 e. The van der Waals surface area contributed by atoms with Crippen molar-refractivity contribution in [1.29, 1.82) is 0 Å². The maximum atomic E-state index is 13.3. The number of urea groups is 1. The van der Waals surface area contributed by atoms with Crippen molar-refractivity contribution in [2.45, 2.75) is 57.7 Å². The monoisotopic (exact) mass is 467 g/mol. The van der Waals surface area contributed by atoms with E-state index in [4.69, 9.17) is 4.74 Å². The number of piperidine rings is 1. The lowest BCUT2D eigenvalue weighted by Crippen LogP contribution is -2.54. The number of nitrogens with zero attached hydrogens (tertiary/aromatic N) is 2. The molecule has 4 rings (SSSR count). The molecule has 0 radical (unpaired) electrons. The van der Waals surface area contributed by atoms with Crippen LogP contribution in [0.1, 0.15) is 44.2 Å². The van der Waals surface area contributed by atoms with Crippen LogP contribution >= 0.6 is 0 Å². The van der Waals surface area contributed by atoms with Gasteiger partial charge in [-0.3, -0.25) is 9.69 Å². The first-order chi connectivity index (χ1) is 16.3. The van der Waals surface area contributed by atoms with E-state index in [1.165, 1.54) is 22.6 Å². The maximum absolute atomic E-state index is 13.3. The number of nitrogens with one attached hydrogen (secondary N) is 1. The molecule has 2 heterocycles. The Morgan fingerprint density at radius 3 is 2.29 bits per heavy atom. The molecule has 2 fully saturated rings. The molecule has 3 amide bonds. The molecular formula is C27H34FN3O3. The number of ether oxygens (including phenoxy) is 1. The van der Waals surface area contributed by atoms with Crippen LogP contribution < -0.4 is 10.1 Å². The summed E-state index contributed by atoms with van der Waals surface area (Å²) in [7, 11) is 1.68. The molecule has 7 heteroatoms. The van der Waals surface area contributed by atoms with Gasteiger partial charge < -0.3 is 15.0 Å². The minimum Gasteiger partial charge on any atom is -0.497 e. The molecular weight excluding hydrogens is 433 g/mol. The molecule has 0 bridgehead atoms. The number of rotatable bonds is 8. The van der Waals surface area contributed by atoms with E-state index in [0.29, 0.717) is 6.04 Å². The standard InChI is InChI=1S/C27H34FN3O3/c1-19(4-5-20-8-12-24(34-3)13-9-20)30-16-14-22(15-17-30)27(2)25(32)31(26(33)29-27)18-21-6-10-23(28)11-7-21/h6-13,19,22H,4-5,14-18H2,1-3H3,(H,29,33)/t19-,27-/m1/s1. The van der Waals surface area contributed by atoms with Crippen molar-refractivity contribution in [1.82, 2.24) is 15.1 Å². The topological polar surface area (TPSA) is 61.9 Å². The van der Waals surface area contributed by atoms with E-state index < -0.39 is 5.54 Å². The molecule has 6 nitrogen and oxygen atoms in total. The van der Waals surface area contributed by atoms with Gasteiger partial charge in [-0.15, -0.1) is 0 Å². The lowest BCUT2D eigenvalue weighted by atomic mass is 9.78. The van der Waals surface area contributed by atoms with E-state index in [9.17, 15) is 14.0 Å². The maximum Gasteiger partial charge on any atom is 0.325 e. The molecule has 1 N–H and O–H groups in total. The zero-order valence-electron chi connectivity index (χ0n) is 20.2. The average Bonchev–Trinajstić information content (AvgIpc) is 3.08. The van der Waals surface area contributed by atoms with Gasteiger partial charge in [-0.1, -0.05) is 24.3 Å². The van der Waals surface area contributed by atoms with Crippen LogP contribution in [-0.4, -0.2) is 53.5 Å². The second-order valence-electron chi connectivity index (χ2n) is 9.70. The summed E-state index contributed by atoms with van der Waals surface area (Å²) in [4.78, 5) is 29.7. The number of hydrogen-bond donors (Lipinski definition) is 1. The molecule has 34 heavy (non-hydrogen) atoms. The Balaban J connectivity index is 1.30. The number of hydrogen-bond acceptors (Lipinski definition) is 4. The van der Waals surface area contributed by atoms with E-state index in [-0.39, 0.29) is 30.2 Å². The highest BCUT2D eigenvalue weighted by Crippen LogP contribution is 2.34. The molecule has 182 valence electrons. The third kappa shape index (κ3) is 5.09. The molecule has 2 aliphatic rings. The summed E-state index contributed by atoms with van der Waals surface area (Å²) >= 11 is 0. The van der Waals surface area contributed by atoms with Crippen LogP contribution in [0.4, 0.5) is 9.18 Å². The molecule has 2 aromatic carbocycles. The van der Waals surface area contributed by atoms with E-state index in [1.807, 2.05) is 19.1 Å². The molecule has 2 aromatic rings. The number of carbonyl (C=O) groups is 2. The fourth-order valence-corrected chi connectivity index (χ4v) is 5.18. The molecule has 0 spiro atoms. The van der Waals surface area contributed by atoms with Crippen LogP contribution in [0.5, 0.6) is 5.75 Å². The molecule has 2 aliphatic heterocycles. The van der Waals surface area contributed by atoms with E-state index >= 15 is 0 Å². The number of amides is 3. The summed E-state index contributed by atoms with van der Waals surface area (Å²) in [5, 5.41) is 2.97. The van der Waals surface area contributed by atoms with Crippen molar-refractivity contribution in [2.75, 3.05) is 20.2 Å². The Kier molecular flexibility index (Phi) is 7.22. The number of halogens is 1. The van der Waals surface area contributed by atoms with Gasteiger partial charge >= 0.3 is 6.03 Å². The van der Waals surface area contributed by atoms with Crippen molar-refractivity contribution in [3.8, 4) is 5.75 Å². The summed E-state index contributed by atoms with van der Waals surface area (Å²) in [6, 6.07) is 14.2. The summed E-state index contributed by atoms with van der Waals surface area (Å²) in [5.41, 5.74) is 1.14. The summed E-state index contributed by atoms with van der Waals surface area (Å²) in [6.07, 6.45) is 3.80. The minimum absolute atomic E-state index is 0.0900. The number of likely N-dealkylation sites (tertiary alicyclic amines) is 1. The second-order valence-corrected chi connectivity index (χ2v) is 9.70. The van der Waals surface area contributed by atoms with Gasteiger partial charge in [0.25, 0.3) is 5.91 Å². The number of benzene rings is 2. The van der Waals surface area contributed by atoms with E-state index in [0.717, 1.165) is 50.1 Å². The van der Waals surface area contributed by atoms with E-state index in [1.54, 1.807) is 19.2 Å². The van der Waals surface area contributed by atoms with Crippen LogP contribution in [0.3, 0.4) is 0 Å². The fourth-order valence-electron chi connectivity index (χ4n) is 5.18. The molecule has 0 saturated carbocycles. The van der Waals surface area contributed by atoms with Crippen LogP contribution in [-0.2, 0) is 17.8 Å². The first kappa shape index (κ1) is 24.2. The fraction of sp³-hybridized carbons (Fsp3) is 0.481. The number of aryl methyl sites for hydroxylation is 1. The van der Waals surface area contributed by atoms with E-state index in [2.05, 4.69) is 29.3 Å². The SMILES string of the molecule is COc1ccc(CC[C@@H](C)N2CCC([C@@]3(C)NC(=O)N(Cc4ccc(F)cc4)C3=O)CC2)cc1. The Labute approximate surface area is 201 Å². The number of methoxy groups -OCH3 is 1. The van der Waals surface area contributed by atoms with Gasteiger partial charge in [0.2, 0.25) is 0 Å².